The molecule has 1 heterocycles. The molecule has 0 saturated carbocycles. The number of hydrogen-bond donors (Lipinski definition) is 0. The standard InChI is InChI=1S/C53H36N4/c1-34-20-25-48-45(41-29-35(33-54)30-42(31-41)49-32-40-16-8-9-17-43(40)46-18-10-11-19-47(46)49)27-26-44(50(48)28-34)36-21-23-39(24-22-36)53-56-51(37-12-4-2-5-13-37)55-52(57-53)38-14-6-3-7-15-38/h2-27,29-32,34H,28H2,1H3. The van der Waals surface area contributed by atoms with Gasteiger partial charge in [0.15, 0.2) is 17.5 Å². The van der Waals surface area contributed by atoms with Crippen molar-refractivity contribution in [3.63, 3.8) is 0 Å². The molecule has 0 amide bonds. The van der Waals surface area contributed by atoms with Crippen LogP contribution in [0.25, 0.3) is 95.2 Å². The number of nitriles is 1. The van der Waals surface area contributed by atoms with E-state index in [-0.39, 0.29) is 0 Å². The lowest BCUT2D eigenvalue weighted by Crippen LogP contribution is -2.07. The average Bonchev–Trinajstić information content (AvgIpc) is 3.28. The molecule has 1 aliphatic carbocycles. The summed E-state index contributed by atoms with van der Waals surface area (Å²) in [5.74, 6) is 2.32. The summed E-state index contributed by atoms with van der Waals surface area (Å²) >= 11 is 0. The van der Waals surface area contributed by atoms with Crippen LogP contribution in [-0.4, -0.2) is 15.0 Å². The Morgan fingerprint density at radius 3 is 1.65 bits per heavy atom. The second kappa shape index (κ2) is 14.3. The molecule has 1 aliphatic rings. The Morgan fingerprint density at radius 1 is 0.474 bits per heavy atom. The van der Waals surface area contributed by atoms with Crippen LogP contribution in [0.3, 0.4) is 0 Å². The van der Waals surface area contributed by atoms with Crippen LogP contribution in [0.2, 0.25) is 0 Å². The zero-order valence-corrected chi connectivity index (χ0v) is 31.4. The number of fused-ring (bicyclic) bond motifs is 4. The first kappa shape index (κ1) is 34.0. The zero-order chi connectivity index (χ0) is 38.3. The van der Waals surface area contributed by atoms with E-state index in [0.717, 1.165) is 50.9 Å². The van der Waals surface area contributed by atoms with Gasteiger partial charge in [-0.2, -0.15) is 5.26 Å². The van der Waals surface area contributed by atoms with E-state index in [4.69, 9.17) is 15.0 Å². The lowest BCUT2D eigenvalue weighted by atomic mass is 9.81. The van der Waals surface area contributed by atoms with Crippen LogP contribution in [0.4, 0.5) is 0 Å². The maximum Gasteiger partial charge on any atom is 0.164 e. The van der Waals surface area contributed by atoms with Gasteiger partial charge in [0.1, 0.15) is 0 Å². The summed E-state index contributed by atoms with van der Waals surface area (Å²) in [7, 11) is 0. The second-order valence-electron chi connectivity index (χ2n) is 14.8. The molecule has 0 bridgehead atoms. The van der Waals surface area contributed by atoms with Crippen molar-refractivity contribution in [3.05, 3.63) is 193 Å². The molecule has 1 unspecified atom stereocenters. The maximum absolute atomic E-state index is 10.3. The van der Waals surface area contributed by atoms with Crippen molar-refractivity contribution in [1.29, 1.82) is 5.26 Å². The van der Waals surface area contributed by atoms with Gasteiger partial charge >= 0.3 is 0 Å². The molecule has 268 valence electrons. The van der Waals surface area contributed by atoms with Crippen molar-refractivity contribution < 1.29 is 0 Å². The van der Waals surface area contributed by atoms with Crippen LogP contribution < -0.4 is 0 Å². The van der Waals surface area contributed by atoms with Crippen molar-refractivity contribution >= 4 is 27.6 Å². The quantitative estimate of drug-likeness (QED) is 0.160. The Kier molecular flexibility index (Phi) is 8.54. The van der Waals surface area contributed by atoms with Crippen LogP contribution in [0, 0.1) is 17.2 Å². The molecule has 1 atom stereocenters. The van der Waals surface area contributed by atoms with E-state index in [2.05, 4.69) is 122 Å². The molecule has 57 heavy (non-hydrogen) atoms. The highest BCUT2D eigenvalue weighted by atomic mass is 15.0. The van der Waals surface area contributed by atoms with E-state index < -0.39 is 0 Å². The summed E-state index contributed by atoms with van der Waals surface area (Å²) in [5.41, 5.74) is 12.7. The minimum absolute atomic E-state index is 0.397. The molecule has 1 aromatic heterocycles. The van der Waals surface area contributed by atoms with E-state index >= 15 is 0 Å². The number of hydrogen-bond acceptors (Lipinski definition) is 4. The summed E-state index contributed by atoms with van der Waals surface area (Å²) in [6.07, 6.45) is 5.51. The molecule has 0 N–H and O–H groups in total. The molecular weight excluding hydrogens is 693 g/mol. The fourth-order valence-electron chi connectivity index (χ4n) is 8.28. The van der Waals surface area contributed by atoms with Crippen molar-refractivity contribution in [2.24, 2.45) is 5.92 Å². The molecule has 10 rings (SSSR count). The SMILES string of the molecule is CC1C=Cc2c(-c3cc(C#N)cc(-c4cc5ccccc5c5ccccc45)c3)ccc(-c3ccc(-c4nc(-c5ccccc5)nc(-c5ccccc5)n4)cc3)c2C1. The van der Waals surface area contributed by atoms with Gasteiger partial charge < -0.3 is 0 Å². The molecule has 0 aliphatic heterocycles. The number of nitrogens with zero attached hydrogens (tertiary/aromatic N) is 4. The van der Waals surface area contributed by atoms with E-state index in [1.807, 2.05) is 72.8 Å². The Bertz CT molecular complexity index is 2990. The minimum Gasteiger partial charge on any atom is -0.208 e. The van der Waals surface area contributed by atoms with E-state index in [0.29, 0.717) is 29.0 Å². The van der Waals surface area contributed by atoms with Crippen molar-refractivity contribution in [2.75, 3.05) is 0 Å². The first-order valence-electron chi connectivity index (χ1n) is 19.4. The Balaban J connectivity index is 1.06. The number of benzene rings is 8. The highest BCUT2D eigenvalue weighted by molar-refractivity contribution is 6.14. The zero-order valence-electron chi connectivity index (χ0n) is 31.4. The van der Waals surface area contributed by atoms with E-state index in [1.165, 1.54) is 38.2 Å². The van der Waals surface area contributed by atoms with Gasteiger partial charge in [0.25, 0.3) is 0 Å². The highest BCUT2D eigenvalue weighted by Gasteiger charge is 2.21. The van der Waals surface area contributed by atoms with Crippen LogP contribution in [0.5, 0.6) is 0 Å². The van der Waals surface area contributed by atoms with Crippen LogP contribution in [-0.2, 0) is 6.42 Å². The number of rotatable bonds is 6. The largest absolute Gasteiger partial charge is 0.208 e. The summed E-state index contributed by atoms with van der Waals surface area (Å²) in [6, 6.07) is 61.4. The number of allylic oxidation sites excluding steroid dienone is 1. The molecule has 0 fully saturated rings. The lowest BCUT2D eigenvalue weighted by Gasteiger charge is -2.23. The normalized spacial score (nSPS) is 13.4. The molecule has 8 aromatic carbocycles. The molecule has 4 heteroatoms. The first-order valence-corrected chi connectivity index (χ1v) is 19.4. The summed E-state index contributed by atoms with van der Waals surface area (Å²) < 4.78 is 0. The second-order valence-corrected chi connectivity index (χ2v) is 14.8. The highest BCUT2D eigenvalue weighted by Crippen LogP contribution is 2.42. The topological polar surface area (TPSA) is 62.5 Å². The fraction of sp³-hybridized carbons (Fsp3) is 0.0566. The third kappa shape index (κ3) is 6.36. The van der Waals surface area contributed by atoms with E-state index in [9.17, 15) is 5.26 Å². The van der Waals surface area contributed by atoms with Gasteiger partial charge in [-0.05, 0) is 103 Å². The van der Waals surface area contributed by atoms with Gasteiger partial charge in [-0.25, -0.2) is 15.0 Å². The van der Waals surface area contributed by atoms with Crippen LogP contribution in [0.1, 0.15) is 23.6 Å². The lowest BCUT2D eigenvalue weighted by molar-refractivity contribution is 0.719. The van der Waals surface area contributed by atoms with Gasteiger partial charge in [0, 0.05) is 16.7 Å². The molecule has 9 aromatic rings. The van der Waals surface area contributed by atoms with Crippen LogP contribution in [0.15, 0.2) is 176 Å². The van der Waals surface area contributed by atoms with Crippen molar-refractivity contribution in [2.45, 2.75) is 13.3 Å². The first-order chi connectivity index (χ1) is 28.1. The van der Waals surface area contributed by atoms with Crippen molar-refractivity contribution in [1.82, 2.24) is 15.0 Å². The molecular formula is C53H36N4. The Morgan fingerprint density at radius 2 is 1.00 bits per heavy atom. The van der Waals surface area contributed by atoms with E-state index in [1.54, 1.807) is 0 Å². The maximum atomic E-state index is 10.3. The van der Waals surface area contributed by atoms with Crippen LogP contribution >= 0.6 is 0 Å². The average molecular weight is 729 g/mol. The van der Waals surface area contributed by atoms with Gasteiger partial charge in [-0.1, -0.05) is 165 Å². The fourth-order valence-corrected chi connectivity index (χ4v) is 8.28. The van der Waals surface area contributed by atoms with Gasteiger partial charge in [0.2, 0.25) is 0 Å². The Hall–Kier alpha value is -7.48. The predicted molar refractivity (Wildman–Crippen MR) is 234 cm³/mol. The predicted octanol–water partition coefficient (Wildman–Crippen LogP) is 13.3. The molecule has 0 radical (unpaired) electrons. The third-order valence-corrected chi connectivity index (χ3v) is 11.1. The minimum atomic E-state index is 0.397. The number of aromatic nitrogens is 3. The Labute approximate surface area is 332 Å². The molecule has 4 nitrogen and oxygen atoms in total. The van der Waals surface area contributed by atoms with Crippen molar-refractivity contribution in [3.8, 4) is 73.6 Å². The molecule has 0 saturated heterocycles. The summed E-state index contributed by atoms with van der Waals surface area (Å²) in [5, 5.41) is 15.1. The van der Waals surface area contributed by atoms with Gasteiger partial charge in [-0.15, -0.1) is 0 Å². The van der Waals surface area contributed by atoms with Gasteiger partial charge in [-0.3, -0.25) is 0 Å². The molecule has 0 spiro atoms. The summed E-state index contributed by atoms with van der Waals surface area (Å²) in [6.45, 7) is 2.27. The monoisotopic (exact) mass is 728 g/mol. The summed E-state index contributed by atoms with van der Waals surface area (Å²) in [4.78, 5) is 14.8. The smallest absolute Gasteiger partial charge is 0.164 e. The van der Waals surface area contributed by atoms with Gasteiger partial charge in [0.05, 0.1) is 11.6 Å². The third-order valence-electron chi connectivity index (χ3n) is 11.1.